The van der Waals surface area contributed by atoms with Crippen molar-refractivity contribution in [2.45, 2.75) is 50.5 Å². The minimum Gasteiger partial charge on any atom is -0.481 e. The fraction of sp³-hybridized carbons (Fsp3) is 0.929. The first-order chi connectivity index (χ1) is 8.48. The van der Waals surface area contributed by atoms with Crippen LogP contribution in [0.4, 0.5) is 0 Å². The highest BCUT2D eigenvalue weighted by Crippen LogP contribution is 2.33. The van der Waals surface area contributed by atoms with Crippen LogP contribution in [-0.4, -0.2) is 46.8 Å². The minimum atomic E-state index is -0.708. The number of carboxylic acid groups (broad SMARTS) is 1. The molecule has 0 unspecified atom stereocenters. The van der Waals surface area contributed by atoms with Gasteiger partial charge in [0.1, 0.15) is 0 Å². The number of aliphatic carboxylic acids is 1. The van der Waals surface area contributed by atoms with Crippen molar-refractivity contribution in [1.82, 2.24) is 4.90 Å². The van der Waals surface area contributed by atoms with Gasteiger partial charge in [-0.15, -0.1) is 0 Å². The highest BCUT2D eigenvalue weighted by molar-refractivity contribution is 5.70. The predicted molar refractivity (Wildman–Crippen MR) is 69.4 cm³/mol. The van der Waals surface area contributed by atoms with Crippen LogP contribution in [0.2, 0.25) is 0 Å². The molecule has 2 N–H and O–H groups in total. The second-order valence-electron chi connectivity index (χ2n) is 6.33. The zero-order chi connectivity index (χ0) is 13.2. The molecule has 104 valence electrons. The molecule has 0 atom stereocenters. The van der Waals surface area contributed by atoms with Gasteiger partial charge in [0.25, 0.3) is 0 Å². The quantitative estimate of drug-likeness (QED) is 0.785. The van der Waals surface area contributed by atoms with Crippen molar-refractivity contribution in [3.8, 4) is 0 Å². The van der Waals surface area contributed by atoms with Gasteiger partial charge in [-0.05, 0) is 51.5 Å². The maximum atomic E-state index is 10.9. The average molecular weight is 255 g/mol. The van der Waals surface area contributed by atoms with Gasteiger partial charge in [0.2, 0.25) is 0 Å². The summed E-state index contributed by atoms with van der Waals surface area (Å²) in [6, 6.07) is 0. The summed E-state index contributed by atoms with van der Waals surface area (Å²) in [5, 5.41) is 19.5. The summed E-state index contributed by atoms with van der Waals surface area (Å²) in [6.07, 6.45) is 6.47. The lowest BCUT2D eigenvalue weighted by atomic mass is 9.78. The van der Waals surface area contributed by atoms with Gasteiger partial charge in [-0.3, -0.25) is 4.79 Å². The number of carboxylic acids is 1. The maximum Gasteiger partial charge on any atom is 0.306 e. The number of nitrogens with zero attached hydrogens (tertiary/aromatic N) is 1. The molecule has 2 aliphatic carbocycles. The molecule has 0 radical (unpaired) electrons. The van der Waals surface area contributed by atoms with Crippen LogP contribution in [0.15, 0.2) is 0 Å². The highest BCUT2D eigenvalue weighted by Gasteiger charge is 2.36. The van der Waals surface area contributed by atoms with Gasteiger partial charge in [-0.1, -0.05) is 6.42 Å². The van der Waals surface area contributed by atoms with Crippen molar-refractivity contribution in [2.75, 3.05) is 20.1 Å². The van der Waals surface area contributed by atoms with E-state index in [4.69, 9.17) is 5.11 Å². The Morgan fingerprint density at radius 3 is 2.33 bits per heavy atom. The van der Waals surface area contributed by atoms with Gasteiger partial charge >= 0.3 is 5.97 Å². The van der Waals surface area contributed by atoms with Gasteiger partial charge < -0.3 is 15.1 Å². The van der Waals surface area contributed by atoms with Crippen LogP contribution in [0.5, 0.6) is 0 Å². The standard InChI is InChI=1S/C14H25NO3/c1-15(9-11-3-2-4-11)10-14(18)7-5-12(6-8-14)13(16)17/h11-12,18H,2-10H2,1H3,(H,16,17). The molecule has 0 bridgehead atoms. The third-order valence-electron chi connectivity index (χ3n) is 4.62. The predicted octanol–water partition coefficient (Wildman–Crippen LogP) is 1.72. The van der Waals surface area contributed by atoms with Crippen LogP contribution >= 0.6 is 0 Å². The fourth-order valence-electron chi connectivity index (χ4n) is 3.24. The summed E-state index contributed by atoms with van der Waals surface area (Å²) in [5.41, 5.74) is -0.662. The molecule has 2 saturated carbocycles. The molecule has 0 aromatic rings. The van der Waals surface area contributed by atoms with E-state index in [1.807, 2.05) is 0 Å². The van der Waals surface area contributed by atoms with Crippen LogP contribution in [0, 0.1) is 11.8 Å². The molecule has 0 amide bonds. The third-order valence-corrected chi connectivity index (χ3v) is 4.62. The Bertz CT molecular complexity index is 293. The van der Waals surface area contributed by atoms with Crippen LogP contribution in [0.1, 0.15) is 44.9 Å². The fourth-order valence-corrected chi connectivity index (χ4v) is 3.24. The summed E-state index contributed by atoms with van der Waals surface area (Å²) in [6.45, 7) is 1.76. The Labute approximate surface area is 109 Å². The maximum absolute atomic E-state index is 10.9. The van der Waals surface area contributed by atoms with E-state index >= 15 is 0 Å². The first-order valence-electron chi connectivity index (χ1n) is 7.12. The normalized spacial score (nSPS) is 33.4. The molecule has 0 aromatic carbocycles. The van der Waals surface area contributed by atoms with Crippen molar-refractivity contribution in [2.24, 2.45) is 11.8 Å². The highest BCUT2D eigenvalue weighted by atomic mass is 16.4. The van der Waals surface area contributed by atoms with Crippen LogP contribution < -0.4 is 0 Å². The minimum absolute atomic E-state index is 0.248. The first kappa shape index (κ1) is 13.8. The van der Waals surface area contributed by atoms with Gasteiger partial charge in [-0.25, -0.2) is 0 Å². The van der Waals surface area contributed by atoms with Crippen molar-refractivity contribution in [1.29, 1.82) is 0 Å². The largest absolute Gasteiger partial charge is 0.481 e. The van der Waals surface area contributed by atoms with E-state index in [0.29, 0.717) is 32.2 Å². The SMILES string of the molecule is CN(CC1CCC1)CC1(O)CCC(C(=O)O)CC1. The lowest BCUT2D eigenvalue weighted by Crippen LogP contribution is -2.46. The third kappa shape index (κ3) is 3.45. The van der Waals surface area contributed by atoms with E-state index in [1.165, 1.54) is 19.3 Å². The molecule has 2 rings (SSSR count). The Balaban J connectivity index is 1.75. The topological polar surface area (TPSA) is 60.8 Å². The van der Waals surface area contributed by atoms with E-state index in [2.05, 4.69) is 11.9 Å². The van der Waals surface area contributed by atoms with Crippen molar-refractivity contribution in [3.63, 3.8) is 0 Å². The molecule has 0 aromatic heterocycles. The number of carbonyl (C=O) groups is 1. The van der Waals surface area contributed by atoms with Gasteiger partial charge in [0, 0.05) is 13.1 Å². The molecule has 18 heavy (non-hydrogen) atoms. The molecule has 0 aliphatic heterocycles. The Morgan fingerprint density at radius 2 is 1.89 bits per heavy atom. The Morgan fingerprint density at radius 1 is 1.28 bits per heavy atom. The zero-order valence-electron chi connectivity index (χ0n) is 11.3. The van der Waals surface area contributed by atoms with E-state index < -0.39 is 11.6 Å². The van der Waals surface area contributed by atoms with Gasteiger partial charge in [0.05, 0.1) is 11.5 Å². The van der Waals surface area contributed by atoms with Crippen LogP contribution in [0.25, 0.3) is 0 Å². The average Bonchev–Trinajstić information content (AvgIpc) is 2.23. The summed E-state index contributed by atoms with van der Waals surface area (Å²) in [7, 11) is 2.07. The van der Waals surface area contributed by atoms with Crippen molar-refractivity contribution < 1.29 is 15.0 Å². The van der Waals surface area contributed by atoms with Crippen molar-refractivity contribution >= 4 is 5.97 Å². The van der Waals surface area contributed by atoms with E-state index in [-0.39, 0.29) is 5.92 Å². The molecule has 2 fully saturated rings. The van der Waals surface area contributed by atoms with Crippen LogP contribution in [-0.2, 0) is 4.79 Å². The van der Waals surface area contributed by atoms with E-state index in [0.717, 1.165) is 12.5 Å². The first-order valence-corrected chi connectivity index (χ1v) is 7.12. The second-order valence-corrected chi connectivity index (χ2v) is 6.33. The number of aliphatic hydroxyl groups is 1. The summed E-state index contributed by atoms with van der Waals surface area (Å²) in [5.74, 6) is -0.143. The lowest BCUT2D eigenvalue weighted by Gasteiger charge is -2.39. The molecular weight excluding hydrogens is 230 g/mol. The second kappa shape index (κ2) is 5.57. The monoisotopic (exact) mass is 255 g/mol. The van der Waals surface area contributed by atoms with Crippen LogP contribution in [0.3, 0.4) is 0 Å². The van der Waals surface area contributed by atoms with Gasteiger partial charge in [-0.2, -0.15) is 0 Å². The van der Waals surface area contributed by atoms with E-state index in [9.17, 15) is 9.90 Å². The molecule has 0 heterocycles. The molecule has 2 aliphatic rings. The number of hydrogen-bond donors (Lipinski definition) is 2. The molecule has 4 heteroatoms. The smallest absolute Gasteiger partial charge is 0.306 e. The Hall–Kier alpha value is -0.610. The number of hydrogen-bond acceptors (Lipinski definition) is 3. The Kier molecular flexibility index (Phi) is 4.28. The molecule has 0 saturated heterocycles. The molecular formula is C14H25NO3. The summed E-state index contributed by atoms with van der Waals surface area (Å²) in [4.78, 5) is 13.1. The lowest BCUT2D eigenvalue weighted by molar-refractivity contribution is -0.145. The summed E-state index contributed by atoms with van der Waals surface area (Å²) >= 11 is 0. The van der Waals surface area contributed by atoms with E-state index in [1.54, 1.807) is 0 Å². The molecule has 4 nitrogen and oxygen atoms in total. The summed E-state index contributed by atoms with van der Waals surface area (Å²) < 4.78 is 0. The zero-order valence-corrected chi connectivity index (χ0v) is 11.3. The van der Waals surface area contributed by atoms with Crippen molar-refractivity contribution in [3.05, 3.63) is 0 Å². The number of likely N-dealkylation sites (N-methyl/N-ethyl adjacent to an activating group) is 1. The van der Waals surface area contributed by atoms with Gasteiger partial charge in [0.15, 0.2) is 0 Å². The molecule has 0 spiro atoms. The number of rotatable bonds is 5.